The van der Waals surface area contributed by atoms with Crippen LogP contribution in [0, 0.1) is 30.1 Å². The SMILES string of the molecule is Cc1nc(CC2CC(Nc3cnc(C#N)cn3)C2)nc2c1NC(=O)[C@H](C(C)C)N2C. The van der Waals surface area contributed by atoms with E-state index in [0.717, 1.165) is 42.3 Å². The van der Waals surface area contributed by atoms with Crippen LogP contribution in [0.1, 0.15) is 43.9 Å². The van der Waals surface area contributed by atoms with Crippen molar-refractivity contribution in [3.05, 3.63) is 29.6 Å². The average Bonchev–Trinajstić information content (AvgIpc) is 2.67. The number of anilines is 3. The number of rotatable bonds is 5. The molecule has 9 heteroatoms. The molecule has 1 aliphatic heterocycles. The molecule has 1 amide bonds. The van der Waals surface area contributed by atoms with Crippen LogP contribution in [0.15, 0.2) is 12.4 Å². The molecule has 1 atom stereocenters. The summed E-state index contributed by atoms with van der Waals surface area (Å²) in [4.78, 5) is 32.1. The van der Waals surface area contributed by atoms with Crippen LogP contribution in [0.2, 0.25) is 0 Å². The van der Waals surface area contributed by atoms with Gasteiger partial charge in [0.25, 0.3) is 0 Å². The van der Waals surface area contributed by atoms with Gasteiger partial charge in [0.1, 0.15) is 29.4 Å². The zero-order valence-corrected chi connectivity index (χ0v) is 17.7. The highest BCUT2D eigenvalue weighted by Gasteiger charge is 2.36. The number of aromatic nitrogens is 4. The van der Waals surface area contributed by atoms with Crippen molar-refractivity contribution in [3.63, 3.8) is 0 Å². The molecule has 0 radical (unpaired) electrons. The van der Waals surface area contributed by atoms with Gasteiger partial charge in [-0.3, -0.25) is 4.79 Å². The van der Waals surface area contributed by atoms with E-state index in [-0.39, 0.29) is 17.9 Å². The first-order valence-electron chi connectivity index (χ1n) is 10.3. The predicted molar refractivity (Wildman–Crippen MR) is 113 cm³/mol. The number of carbonyl (C=O) groups is 1. The molecule has 156 valence electrons. The molecule has 0 bridgehead atoms. The van der Waals surface area contributed by atoms with Gasteiger partial charge in [-0.2, -0.15) is 5.26 Å². The quantitative estimate of drug-likeness (QED) is 0.776. The molecule has 0 aromatic carbocycles. The topological polar surface area (TPSA) is 120 Å². The third kappa shape index (κ3) is 3.77. The van der Waals surface area contributed by atoms with Gasteiger partial charge >= 0.3 is 0 Å². The molecule has 4 rings (SSSR count). The van der Waals surface area contributed by atoms with Crippen molar-refractivity contribution in [3.8, 4) is 6.07 Å². The first-order chi connectivity index (χ1) is 14.4. The number of aryl methyl sites for hydroxylation is 1. The predicted octanol–water partition coefficient (Wildman–Crippen LogP) is 2.29. The van der Waals surface area contributed by atoms with Crippen molar-refractivity contribution in [2.45, 2.75) is 52.1 Å². The molecule has 1 saturated carbocycles. The van der Waals surface area contributed by atoms with Crippen LogP contribution < -0.4 is 15.5 Å². The van der Waals surface area contributed by atoms with Gasteiger partial charge in [-0.25, -0.2) is 19.9 Å². The van der Waals surface area contributed by atoms with Crippen LogP contribution >= 0.6 is 0 Å². The van der Waals surface area contributed by atoms with Crippen molar-refractivity contribution >= 4 is 23.2 Å². The maximum Gasteiger partial charge on any atom is 0.247 e. The van der Waals surface area contributed by atoms with Crippen molar-refractivity contribution in [1.29, 1.82) is 5.26 Å². The molecule has 2 N–H and O–H groups in total. The smallest absolute Gasteiger partial charge is 0.247 e. The lowest BCUT2D eigenvalue weighted by Gasteiger charge is -2.38. The first kappa shape index (κ1) is 20.0. The van der Waals surface area contributed by atoms with Crippen LogP contribution in [0.5, 0.6) is 0 Å². The molecule has 30 heavy (non-hydrogen) atoms. The standard InChI is InChI=1S/C21H26N8O/c1-11(2)19-21(30)28-18-12(3)25-16(27-20(18)29(19)4)7-13-5-14(6-13)26-17-10-23-15(8-22)9-24-17/h9-11,13-14,19H,5-7H2,1-4H3,(H,24,26)(H,28,30)/t13?,14?,19-/m0/s1. The Balaban J connectivity index is 1.40. The summed E-state index contributed by atoms with van der Waals surface area (Å²) < 4.78 is 0. The Bertz CT molecular complexity index is 991. The normalized spacial score (nSPS) is 22.7. The Morgan fingerprint density at radius 2 is 2.07 bits per heavy atom. The van der Waals surface area contributed by atoms with E-state index < -0.39 is 0 Å². The molecule has 1 aliphatic carbocycles. The van der Waals surface area contributed by atoms with E-state index in [1.165, 1.54) is 6.20 Å². The lowest BCUT2D eigenvalue weighted by molar-refractivity contribution is -0.118. The average molecular weight is 406 g/mol. The van der Waals surface area contributed by atoms with Gasteiger partial charge in [-0.05, 0) is 31.6 Å². The van der Waals surface area contributed by atoms with Crippen LogP contribution in [-0.4, -0.2) is 45.0 Å². The van der Waals surface area contributed by atoms with E-state index >= 15 is 0 Å². The lowest BCUT2D eigenvalue weighted by atomic mass is 9.78. The number of nitriles is 1. The summed E-state index contributed by atoms with van der Waals surface area (Å²) in [6.45, 7) is 6.00. The summed E-state index contributed by atoms with van der Waals surface area (Å²) in [6.07, 6.45) is 5.88. The van der Waals surface area contributed by atoms with Crippen LogP contribution in [-0.2, 0) is 11.2 Å². The lowest BCUT2D eigenvalue weighted by Crippen LogP contribution is -2.50. The van der Waals surface area contributed by atoms with E-state index in [1.54, 1.807) is 6.20 Å². The zero-order valence-electron chi connectivity index (χ0n) is 17.7. The summed E-state index contributed by atoms with van der Waals surface area (Å²) in [6, 6.07) is 2.07. The van der Waals surface area contributed by atoms with E-state index in [4.69, 9.17) is 10.2 Å². The molecule has 0 unspecified atom stereocenters. The number of carbonyl (C=O) groups excluding carboxylic acids is 1. The summed E-state index contributed by atoms with van der Waals surface area (Å²) in [5, 5.41) is 15.1. The van der Waals surface area contributed by atoms with Gasteiger partial charge in [0.15, 0.2) is 11.5 Å². The van der Waals surface area contributed by atoms with E-state index in [1.807, 2.05) is 38.8 Å². The third-order valence-electron chi connectivity index (χ3n) is 5.84. The fourth-order valence-corrected chi connectivity index (χ4v) is 4.31. The fraction of sp³-hybridized carbons (Fsp3) is 0.524. The summed E-state index contributed by atoms with van der Waals surface area (Å²) >= 11 is 0. The number of hydrogen-bond donors (Lipinski definition) is 2. The molecule has 9 nitrogen and oxygen atoms in total. The molecule has 3 heterocycles. The Morgan fingerprint density at radius 1 is 1.30 bits per heavy atom. The Labute approximate surface area is 176 Å². The second kappa shape index (κ2) is 7.86. The fourth-order valence-electron chi connectivity index (χ4n) is 4.31. The van der Waals surface area contributed by atoms with E-state index in [0.29, 0.717) is 23.5 Å². The molecule has 2 aromatic rings. The van der Waals surface area contributed by atoms with Gasteiger partial charge in [-0.1, -0.05) is 13.8 Å². The third-order valence-corrected chi connectivity index (χ3v) is 5.84. The molecule has 0 saturated heterocycles. The molecule has 1 fully saturated rings. The summed E-state index contributed by atoms with van der Waals surface area (Å²) in [7, 11) is 1.93. The van der Waals surface area contributed by atoms with Crippen molar-refractivity contribution in [2.24, 2.45) is 11.8 Å². The second-order valence-electron chi connectivity index (χ2n) is 8.49. The largest absolute Gasteiger partial charge is 0.366 e. The molecular formula is C21H26N8O. The summed E-state index contributed by atoms with van der Waals surface area (Å²) in [5.74, 6) is 2.99. The van der Waals surface area contributed by atoms with Gasteiger partial charge in [0, 0.05) is 19.5 Å². The van der Waals surface area contributed by atoms with Gasteiger partial charge in [0.2, 0.25) is 5.91 Å². The highest BCUT2D eigenvalue weighted by atomic mass is 16.2. The van der Waals surface area contributed by atoms with E-state index in [2.05, 4.69) is 25.6 Å². The van der Waals surface area contributed by atoms with Gasteiger partial charge in [-0.15, -0.1) is 0 Å². The summed E-state index contributed by atoms with van der Waals surface area (Å²) in [5.41, 5.74) is 1.84. The van der Waals surface area contributed by atoms with Crippen molar-refractivity contribution in [2.75, 3.05) is 22.6 Å². The minimum Gasteiger partial charge on any atom is -0.366 e. The minimum atomic E-state index is -0.231. The highest BCUT2D eigenvalue weighted by Crippen LogP contribution is 2.36. The van der Waals surface area contributed by atoms with Gasteiger partial charge in [0.05, 0.1) is 18.1 Å². The molecule has 2 aliphatic rings. The first-order valence-corrected chi connectivity index (χ1v) is 10.3. The molecule has 2 aromatic heterocycles. The Kier molecular flexibility index (Phi) is 5.24. The monoisotopic (exact) mass is 406 g/mol. The Morgan fingerprint density at radius 3 is 2.70 bits per heavy atom. The van der Waals surface area contributed by atoms with Crippen LogP contribution in [0.4, 0.5) is 17.3 Å². The van der Waals surface area contributed by atoms with Crippen molar-refractivity contribution in [1.82, 2.24) is 19.9 Å². The second-order valence-corrected chi connectivity index (χ2v) is 8.49. The van der Waals surface area contributed by atoms with E-state index in [9.17, 15) is 4.79 Å². The minimum absolute atomic E-state index is 0.00161. The van der Waals surface area contributed by atoms with Crippen LogP contribution in [0.25, 0.3) is 0 Å². The Hall–Kier alpha value is -3.28. The molecular weight excluding hydrogens is 380 g/mol. The number of fused-ring (bicyclic) bond motifs is 1. The number of amides is 1. The number of hydrogen-bond acceptors (Lipinski definition) is 8. The zero-order chi connectivity index (χ0) is 21.4. The number of nitrogens with one attached hydrogen (secondary N) is 2. The highest BCUT2D eigenvalue weighted by molar-refractivity contribution is 6.03. The van der Waals surface area contributed by atoms with Gasteiger partial charge < -0.3 is 15.5 Å². The van der Waals surface area contributed by atoms with Crippen molar-refractivity contribution < 1.29 is 4.79 Å². The number of likely N-dealkylation sites (N-methyl/N-ethyl adjacent to an activating group) is 1. The van der Waals surface area contributed by atoms with Crippen LogP contribution in [0.3, 0.4) is 0 Å². The maximum atomic E-state index is 12.5. The number of nitrogens with zero attached hydrogens (tertiary/aromatic N) is 6. The maximum absolute atomic E-state index is 12.5. The molecule has 0 spiro atoms.